The predicted molar refractivity (Wildman–Crippen MR) is 99.1 cm³/mol. The van der Waals surface area contributed by atoms with Crippen LogP contribution in [0.2, 0.25) is 0 Å². The van der Waals surface area contributed by atoms with Crippen molar-refractivity contribution in [2.45, 2.75) is 32.0 Å². The van der Waals surface area contributed by atoms with Gasteiger partial charge in [-0.2, -0.15) is 13.2 Å². The van der Waals surface area contributed by atoms with Crippen LogP contribution >= 0.6 is 0 Å². The summed E-state index contributed by atoms with van der Waals surface area (Å²) in [4.78, 5) is 0. The van der Waals surface area contributed by atoms with Gasteiger partial charge in [0.25, 0.3) is 0 Å². The molecule has 0 bridgehead atoms. The first-order valence-corrected chi connectivity index (χ1v) is 9.70. The number of aromatic nitrogens is 2. The van der Waals surface area contributed by atoms with E-state index in [4.69, 9.17) is 0 Å². The van der Waals surface area contributed by atoms with E-state index in [0.717, 1.165) is 43.6 Å². The molecule has 1 aromatic carbocycles. The van der Waals surface area contributed by atoms with E-state index in [1.54, 1.807) is 13.0 Å². The molecule has 29 heavy (non-hydrogen) atoms. The van der Waals surface area contributed by atoms with Crippen LogP contribution in [0.4, 0.5) is 24.7 Å². The van der Waals surface area contributed by atoms with E-state index in [1.807, 2.05) is 4.72 Å². The number of alkyl halides is 3. The number of halogens is 3. The molecule has 0 aliphatic carbocycles. The molecule has 2 heterocycles. The van der Waals surface area contributed by atoms with Gasteiger partial charge in [-0.15, -0.1) is 10.2 Å². The number of anilines is 2. The van der Waals surface area contributed by atoms with Crippen molar-refractivity contribution < 1.29 is 42.0 Å². The Morgan fingerprint density at radius 1 is 1.21 bits per heavy atom. The molecular weight excluding hydrogens is 581 g/mol. The summed E-state index contributed by atoms with van der Waals surface area (Å²) in [6.07, 6.45) is -2.55. The summed E-state index contributed by atoms with van der Waals surface area (Å²) in [5, 5.41) is 14.8. The van der Waals surface area contributed by atoms with Crippen LogP contribution in [0, 0.1) is 6.92 Å². The van der Waals surface area contributed by atoms with Gasteiger partial charge in [0.15, 0.2) is 5.82 Å². The first kappa shape index (κ1) is 23.5. The van der Waals surface area contributed by atoms with Crippen LogP contribution in [-0.4, -0.2) is 29.3 Å². The van der Waals surface area contributed by atoms with Crippen molar-refractivity contribution >= 4 is 22.4 Å². The fraction of sp³-hybridized carbons (Fsp3) is 0.412. The number of benzene rings is 1. The smallest absolute Gasteiger partial charge is 0.416 e. The minimum Gasteiger partial charge on any atom is -0.419 e. The van der Waals surface area contributed by atoms with E-state index in [9.17, 15) is 21.6 Å². The second-order valence-electron chi connectivity index (χ2n) is 6.54. The van der Waals surface area contributed by atoms with E-state index in [2.05, 4.69) is 20.8 Å². The molecule has 3 rings (SSSR count). The van der Waals surface area contributed by atoms with Gasteiger partial charge in [0.1, 0.15) is 0 Å². The second-order valence-corrected chi connectivity index (χ2v) is 7.22. The number of nitrogens with zero attached hydrogens (tertiary/aromatic N) is 2. The van der Waals surface area contributed by atoms with E-state index in [0.29, 0.717) is 5.82 Å². The van der Waals surface area contributed by atoms with Crippen molar-refractivity contribution in [3.05, 3.63) is 35.4 Å². The number of piperidine rings is 1. The average molecular weight is 601 g/mol. The molecule has 1 fully saturated rings. The summed E-state index contributed by atoms with van der Waals surface area (Å²) < 4.78 is 62.9. The standard InChI is InChI=1S/C17H19F3N5O2S.Re/c1-10-7-14(23-24-16(10)22-12-3-2-6-21-9-12)13-5-4-11(17(18,19)20)8-15(13)25-28(26)27;/h4-5,7-8,12,21H,2-3,6,9H2,1H3,(H,22,24)(H,25,26,27);/q-1;. The molecule has 1 unspecified atom stereocenters. The molecule has 1 aromatic heterocycles. The van der Waals surface area contributed by atoms with Gasteiger partial charge in [-0.1, -0.05) is 6.07 Å². The van der Waals surface area contributed by atoms with Gasteiger partial charge in [-0.25, -0.2) is 0 Å². The van der Waals surface area contributed by atoms with Crippen LogP contribution in [0.1, 0.15) is 24.0 Å². The Labute approximate surface area is 181 Å². The fourth-order valence-electron chi connectivity index (χ4n) is 3.05. The van der Waals surface area contributed by atoms with E-state index in [1.165, 1.54) is 6.07 Å². The number of hydrogen-bond acceptors (Lipinski definition) is 7. The quantitative estimate of drug-likeness (QED) is 0.457. The summed E-state index contributed by atoms with van der Waals surface area (Å²) in [5.41, 5.74) is 0.0564. The second kappa shape index (κ2) is 9.84. The Kier molecular flexibility index (Phi) is 7.99. The van der Waals surface area contributed by atoms with Crippen molar-refractivity contribution in [2.75, 3.05) is 23.1 Å². The van der Waals surface area contributed by atoms with Crippen LogP contribution < -0.4 is 15.4 Å². The number of rotatable bonds is 5. The zero-order valence-electron chi connectivity index (χ0n) is 15.3. The zero-order valence-corrected chi connectivity index (χ0v) is 18.9. The molecule has 7 nitrogen and oxygen atoms in total. The molecular formula is C17H19F3N5O2ReS-. The predicted octanol–water partition coefficient (Wildman–Crippen LogP) is 3.27. The van der Waals surface area contributed by atoms with E-state index in [-0.39, 0.29) is 43.4 Å². The normalized spacial score (nSPS) is 16.9. The maximum absolute atomic E-state index is 13.0. The molecule has 0 saturated carbocycles. The molecule has 1 aliphatic rings. The van der Waals surface area contributed by atoms with Gasteiger partial charge >= 0.3 is 6.18 Å². The average Bonchev–Trinajstić information content (AvgIpc) is 2.63. The van der Waals surface area contributed by atoms with Gasteiger partial charge < -0.3 is 23.8 Å². The molecule has 1 radical (unpaired) electrons. The number of hydrogen-bond donors (Lipinski definition) is 3. The maximum atomic E-state index is 13.0. The Morgan fingerprint density at radius 3 is 2.55 bits per heavy atom. The van der Waals surface area contributed by atoms with Gasteiger partial charge in [0, 0.05) is 55.2 Å². The Bertz CT molecular complexity index is 926. The number of aryl methyl sites for hydroxylation is 1. The molecule has 12 heteroatoms. The van der Waals surface area contributed by atoms with Crippen molar-refractivity contribution in [3.63, 3.8) is 0 Å². The summed E-state index contributed by atoms with van der Waals surface area (Å²) in [7, 11) is -2.79. The minimum absolute atomic E-state index is 0. The van der Waals surface area contributed by atoms with Crippen molar-refractivity contribution in [1.29, 1.82) is 0 Å². The third kappa shape index (κ3) is 6.12. The monoisotopic (exact) mass is 601 g/mol. The van der Waals surface area contributed by atoms with Gasteiger partial charge in [0.2, 0.25) is 0 Å². The molecule has 0 spiro atoms. The maximum Gasteiger partial charge on any atom is 0.416 e. The molecule has 159 valence electrons. The topological polar surface area (TPSA) is 96.0 Å². The van der Waals surface area contributed by atoms with Gasteiger partial charge in [0.05, 0.1) is 11.3 Å². The summed E-state index contributed by atoms with van der Waals surface area (Å²) >= 11 is 0. The summed E-state index contributed by atoms with van der Waals surface area (Å²) in [6, 6.07) is 4.68. The molecule has 1 aliphatic heterocycles. The summed E-state index contributed by atoms with van der Waals surface area (Å²) in [5.74, 6) is 0.589. The SMILES string of the molecule is Cc1cc(-c2ccc(C(F)(F)F)cc2N[S-](=O)=O)nnc1NC1CCCNC1.[Re]. The molecule has 3 N–H and O–H groups in total. The van der Waals surface area contributed by atoms with Crippen LogP contribution in [0.3, 0.4) is 0 Å². The van der Waals surface area contributed by atoms with Gasteiger partial charge in [-0.3, -0.25) is 0 Å². The zero-order chi connectivity index (χ0) is 20.3. The van der Waals surface area contributed by atoms with Crippen LogP contribution in [0.5, 0.6) is 0 Å². The van der Waals surface area contributed by atoms with Crippen molar-refractivity contribution in [3.8, 4) is 11.3 Å². The first-order chi connectivity index (χ1) is 13.2. The Balaban J connectivity index is 0.00000300. The van der Waals surface area contributed by atoms with Crippen molar-refractivity contribution in [1.82, 2.24) is 15.5 Å². The molecule has 2 aromatic rings. The third-order valence-electron chi connectivity index (χ3n) is 4.44. The van der Waals surface area contributed by atoms with E-state index >= 15 is 0 Å². The third-order valence-corrected chi connectivity index (χ3v) is 4.82. The Morgan fingerprint density at radius 2 is 1.97 bits per heavy atom. The summed E-state index contributed by atoms with van der Waals surface area (Å²) in [6.45, 7) is 3.59. The first-order valence-electron chi connectivity index (χ1n) is 8.63. The van der Waals surface area contributed by atoms with Gasteiger partial charge in [-0.05, 0) is 50.1 Å². The van der Waals surface area contributed by atoms with Crippen LogP contribution in [-0.2, 0) is 45.9 Å². The molecule has 0 amide bonds. The van der Waals surface area contributed by atoms with E-state index < -0.39 is 22.6 Å². The number of nitrogens with one attached hydrogen (secondary N) is 3. The van der Waals surface area contributed by atoms with Crippen LogP contribution in [0.15, 0.2) is 24.3 Å². The fourth-order valence-corrected chi connectivity index (χ4v) is 3.39. The molecule has 1 atom stereocenters. The van der Waals surface area contributed by atoms with Crippen molar-refractivity contribution in [2.24, 2.45) is 0 Å². The molecule has 1 saturated heterocycles. The Hall–Kier alpha value is -1.74. The van der Waals surface area contributed by atoms with Crippen LogP contribution in [0.25, 0.3) is 11.3 Å². The largest absolute Gasteiger partial charge is 0.419 e. The minimum atomic E-state index is -4.59.